The third kappa shape index (κ3) is 5.95. The summed E-state index contributed by atoms with van der Waals surface area (Å²) in [6.07, 6.45) is 6.22. The highest BCUT2D eigenvalue weighted by atomic mass is 32.2. The molecule has 0 bridgehead atoms. The molecule has 0 saturated heterocycles. The summed E-state index contributed by atoms with van der Waals surface area (Å²) < 4.78 is 49.4. The second-order valence-corrected chi connectivity index (χ2v) is 12.6. The van der Waals surface area contributed by atoms with Crippen LogP contribution in [0.25, 0.3) is 10.4 Å². The molecule has 0 saturated carbocycles. The van der Waals surface area contributed by atoms with Crippen molar-refractivity contribution < 1.29 is 16.8 Å². The number of hydrogen-bond acceptors (Lipinski definition) is 10. The van der Waals surface area contributed by atoms with Crippen LogP contribution in [-0.4, -0.2) is 50.3 Å². The predicted molar refractivity (Wildman–Crippen MR) is 133 cm³/mol. The Hall–Kier alpha value is -3.35. The molecule has 0 radical (unpaired) electrons. The number of thiazole rings is 1. The van der Waals surface area contributed by atoms with Gasteiger partial charge in [-0.15, -0.1) is 0 Å². The fourth-order valence-corrected chi connectivity index (χ4v) is 5.63. The quantitative estimate of drug-likeness (QED) is 0.343. The van der Waals surface area contributed by atoms with E-state index in [0.717, 1.165) is 16.7 Å². The van der Waals surface area contributed by atoms with Crippen molar-refractivity contribution in [3.63, 3.8) is 0 Å². The van der Waals surface area contributed by atoms with Crippen LogP contribution >= 0.6 is 11.3 Å². The Morgan fingerprint density at radius 2 is 1.62 bits per heavy atom. The van der Waals surface area contributed by atoms with Gasteiger partial charge in [-0.1, -0.05) is 29.5 Å². The second kappa shape index (κ2) is 9.87. The number of nitrogens with one attached hydrogen (secondary N) is 2. The van der Waals surface area contributed by atoms with E-state index in [0.29, 0.717) is 5.13 Å². The molecule has 0 unspecified atom stereocenters. The lowest BCUT2D eigenvalue weighted by Crippen LogP contribution is -2.15. The first-order valence-electron chi connectivity index (χ1n) is 10.1. The molecule has 0 fully saturated rings. The van der Waals surface area contributed by atoms with E-state index in [4.69, 9.17) is 0 Å². The molecule has 1 aromatic carbocycles. The molecule has 0 spiro atoms. The minimum Gasteiger partial charge on any atom is -0.369 e. The van der Waals surface area contributed by atoms with Crippen LogP contribution in [0, 0.1) is 0 Å². The maximum absolute atomic E-state index is 13.2. The summed E-state index contributed by atoms with van der Waals surface area (Å²) in [5.74, 6) is 0.373. The summed E-state index contributed by atoms with van der Waals surface area (Å²) in [7, 11) is -7.02. The van der Waals surface area contributed by atoms with Crippen molar-refractivity contribution in [2.24, 2.45) is 0 Å². The predicted octanol–water partition coefficient (Wildman–Crippen LogP) is 3.63. The van der Waals surface area contributed by atoms with E-state index in [-0.39, 0.29) is 33.7 Å². The van der Waals surface area contributed by atoms with Crippen molar-refractivity contribution in [3.05, 3.63) is 73.2 Å². The van der Waals surface area contributed by atoms with Crippen molar-refractivity contribution in [1.82, 2.24) is 15.0 Å². The Bertz CT molecular complexity index is 1490. The number of benzene rings is 1. The molecule has 176 valence electrons. The van der Waals surface area contributed by atoms with Gasteiger partial charge in [-0.2, -0.15) is 0 Å². The van der Waals surface area contributed by atoms with Crippen molar-refractivity contribution in [1.29, 1.82) is 0 Å². The van der Waals surface area contributed by atoms with Gasteiger partial charge in [0.2, 0.25) is 9.84 Å². The highest BCUT2D eigenvalue weighted by Crippen LogP contribution is 2.31. The average molecular weight is 516 g/mol. The lowest BCUT2D eigenvalue weighted by molar-refractivity contribution is 0.595. The van der Waals surface area contributed by atoms with Crippen molar-refractivity contribution in [2.75, 3.05) is 29.2 Å². The number of pyridine rings is 2. The molecule has 34 heavy (non-hydrogen) atoms. The molecule has 0 aliphatic heterocycles. The molecule has 0 atom stereocenters. The molecular formula is C22H21N5O4S3. The van der Waals surface area contributed by atoms with E-state index in [1.807, 2.05) is 12.1 Å². The van der Waals surface area contributed by atoms with Crippen molar-refractivity contribution in [2.45, 2.75) is 9.79 Å². The first-order valence-corrected chi connectivity index (χ1v) is 14.4. The van der Waals surface area contributed by atoms with E-state index in [2.05, 4.69) is 25.6 Å². The van der Waals surface area contributed by atoms with Gasteiger partial charge in [0.15, 0.2) is 5.13 Å². The second-order valence-electron chi connectivity index (χ2n) is 7.34. The first-order chi connectivity index (χ1) is 16.2. The van der Waals surface area contributed by atoms with Gasteiger partial charge in [-0.05, 0) is 35.9 Å². The molecule has 4 rings (SSSR count). The third-order valence-corrected chi connectivity index (χ3v) is 8.30. The monoisotopic (exact) mass is 515 g/mol. The van der Waals surface area contributed by atoms with Gasteiger partial charge < -0.3 is 10.6 Å². The summed E-state index contributed by atoms with van der Waals surface area (Å²) in [6.45, 7) is 0.0869. The van der Waals surface area contributed by atoms with Gasteiger partial charge in [-0.25, -0.2) is 26.8 Å². The van der Waals surface area contributed by atoms with Gasteiger partial charge in [0, 0.05) is 37.5 Å². The zero-order valence-electron chi connectivity index (χ0n) is 18.0. The summed E-state index contributed by atoms with van der Waals surface area (Å²) in [6, 6.07) is 14.6. The zero-order valence-corrected chi connectivity index (χ0v) is 20.5. The smallest absolute Gasteiger partial charge is 0.206 e. The minimum atomic E-state index is -3.83. The number of sulfone groups is 2. The van der Waals surface area contributed by atoms with Crippen LogP contribution in [-0.2, 0) is 19.7 Å². The Kier molecular flexibility index (Phi) is 6.91. The normalized spacial score (nSPS) is 11.8. The van der Waals surface area contributed by atoms with Gasteiger partial charge in [0.05, 0.1) is 20.4 Å². The van der Waals surface area contributed by atoms with Gasteiger partial charge in [0.25, 0.3) is 0 Å². The highest BCUT2D eigenvalue weighted by Gasteiger charge is 2.20. The van der Waals surface area contributed by atoms with Crippen molar-refractivity contribution in [3.8, 4) is 10.4 Å². The Morgan fingerprint density at radius 3 is 2.32 bits per heavy atom. The summed E-state index contributed by atoms with van der Waals surface area (Å²) in [5, 5.41) is 6.49. The maximum Gasteiger partial charge on any atom is 0.206 e. The summed E-state index contributed by atoms with van der Waals surface area (Å²) in [5.41, 5.74) is 0.956. The SMILES string of the molecule is CS(=O)(=O)CCNc1cc(S(=O)(=O)c2ccccc2)cc(Nc2ncc(-c3ccncc3)s2)n1. The lowest BCUT2D eigenvalue weighted by atomic mass is 10.2. The molecule has 4 aromatic rings. The van der Waals surface area contributed by atoms with Gasteiger partial charge in [-0.3, -0.25) is 4.98 Å². The number of nitrogens with zero attached hydrogens (tertiary/aromatic N) is 3. The van der Waals surface area contributed by atoms with E-state index in [9.17, 15) is 16.8 Å². The number of anilines is 3. The first kappa shape index (κ1) is 23.8. The summed E-state index contributed by atoms with van der Waals surface area (Å²) >= 11 is 1.38. The maximum atomic E-state index is 13.2. The Morgan fingerprint density at radius 1 is 0.912 bits per heavy atom. The van der Waals surface area contributed by atoms with Crippen LogP contribution in [0.5, 0.6) is 0 Å². The molecule has 0 aliphatic carbocycles. The van der Waals surface area contributed by atoms with Crippen LogP contribution in [0.1, 0.15) is 0 Å². The molecule has 2 N–H and O–H groups in total. The standard InChI is InChI=1S/C22H21N5O4S3/c1-33(28,29)12-11-24-20-13-18(34(30,31)17-5-3-2-4-6-17)14-21(26-20)27-22-25-15-19(32-22)16-7-9-23-10-8-16/h2-10,13-15H,11-12H2,1H3,(H2,24,25,26,27). The number of aromatic nitrogens is 3. The zero-order chi connectivity index (χ0) is 24.2. The van der Waals surface area contributed by atoms with Crippen LogP contribution in [0.4, 0.5) is 16.8 Å². The van der Waals surface area contributed by atoms with E-state index in [1.54, 1.807) is 36.8 Å². The van der Waals surface area contributed by atoms with E-state index < -0.39 is 19.7 Å². The fourth-order valence-electron chi connectivity index (χ4n) is 3.01. The highest BCUT2D eigenvalue weighted by molar-refractivity contribution is 7.91. The molecule has 3 aromatic heterocycles. The van der Waals surface area contributed by atoms with Gasteiger partial charge >= 0.3 is 0 Å². The Balaban J connectivity index is 1.66. The fraction of sp³-hybridized carbons (Fsp3) is 0.136. The molecule has 12 heteroatoms. The molecule has 3 heterocycles. The van der Waals surface area contributed by atoms with E-state index >= 15 is 0 Å². The van der Waals surface area contributed by atoms with E-state index in [1.165, 1.54) is 35.6 Å². The topological polar surface area (TPSA) is 131 Å². The van der Waals surface area contributed by atoms with Crippen LogP contribution in [0.3, 0.4) is 0 Å². The molecule has 0 amide bonds. The number of hydrogen-bond donors (Lipinski definition) is 2. The average Bonchev–Trinajstić information content (AvgIpc) is 3.28. The van der Waals surface area contributed by atoms with Crippen LogP contribution < -0.4 is 10.6 Å². The third-order valence-electron chi connectivity index (χ3n) is 4.65. The Labute approximate surface area is 201 Å². The van der Waals surface area contributed by atoms with Crippen molar-refractivity contribution >= 4 is 47.8 Å². The summed E-state index contributed by atoms with van der Waals surface area (Å²) in [4.78, 5) is 13.8. The molecule has 0 aliphatic rings. The van der Waals surface area contributed by atoms with Crippen LogP contribution in [0.15, 0.2) is 83.0 Å². The molecular weight excluding hydrogens is 494 g/mol. The van der Waals surface area contributed by atoms with Crippen LogP contribution in [0.2, 0.25) is 0 Å². The number of rotatable bonds is 9. The molecule has 9 nitrogen and oxygen atoms in total. The minimum absolute atomic E-state index is 0.0176. The lowest BCUT2D eigenvalue weighted by Gasteiger charge is -2.12. The van der Waals surface area contributed by atoms with Gasteiger partial charge in [0.1, 0.15) is 21.5 Å². The largest absolute Gasteiger partial charge is 0.369 e.